The molecule has 0 aliphatic rings. The molecule has 0 unspecified atom stereocenters. The van der Waals surface area contributed by atoms with E-state index in [4.69, 9.17) is 23.2 Å². The van der Waals surface area contributed by atoms with Crippen LogP contribution in [0.25, 0.3) is 33.6 Å². The van der Waals surface area contributed by atoms with E-state index >= 15 is 0 Å². The van der Waals surface area contributed by atoms with Crippen molar-refractivity contribution in [3.8, 4) is 45.8 Å². The predicted octanol–water partition coefficient (Wildman–Crippen LogP) is 5.92. The average molecular weight is 428 g/mol. The molecule has 7 heteroatoms. The van der Waals surface area contributed by atoms with Gasteiger partial charge in [0.1, 0.15) is 33.8 Å². The molecule has 5 nitrogen and oxygen atoms in total. The van der Waals surface area contributed by atoms with Crippen molar-refractivity contribution in [2.45, 2.75) is 0 Å². The molecule has 0 radical (unpaired) electrons. The van der Waals surface area contributed by atoms with Gasteiger partial charge in [-0.05, 0) is 34.9 Å². The molecule has 0 aliphatic heterocycles. The van der Waals surface area contributed by atoms with E-state index in [-0.39, 0.29) is 21.7 Å². The van der Waals surface area contributed by atoms with Crippen molar-refractivity contribution in [3.63, 3.8) is 0 Å². The van der Waals surface area contributed by atoms with Crippen LogP contribution >= 0.6 is 23.2 Å². The lowest BCUT2D eigenvalue weighted by Gasteiger charge is -2.11. The van der Waals surface area contributed by atoms with Crippen LogP contribution in [-0.2, 0) is 0 Å². The predicted molar refractivity (Wildman–Crippen MR) is 116 cm³/mol. The highest BCUT2D eigenvalue weighted by Gasteiger charge is 2.16. The van der Waals surface area contributed by atoms with Gasteiger partial charge in [-0.2, -0.15) is 10.5 Å². The maximum absolute atomic E-state index is 9.18. The van der Waals surface area contributed by atoms with E-state index in [9.17, 15) is 10.5 Å². The second kappa shape index (κ2) is 8.31. The number of hydrogen-bond donors (Lipinski definition) is 0. The summed E-state index contributed by atoms with van der Waals surface area (Å²) in [7, 11) is 0. The number of hydrogen-bond acceptors (Lipinski definition) is 5. The molecule has 0 saturated carbocycles. The van der Waals surface area contributed by atoms with Gasteiger partial charge in [-0.3, -0.25) is 0 Å². The molecule has 0 amide bonds. The van der Waals surface area contributed by atoms with Crippen molar-refractivity contribution >= 4 is 23.2 Å². The van der Waals surface area contributed by atoms with Gasteiger partial charge < -0.3 is 0 Å². The molecule has 4 aromatic rings. The molecule has 2 aromatic heterocycles. The van der Waals surface area contributed by atoms with Crippen molar-refractivity contribution in [2.75, 3.05) is 0 Å². The van der Waals surface area contributed by atoms with E-state index in [0.29, 0.717) is 17.0 Å². The zero-order valence-electron chi connectivity index (χ0n) is 15.3. The normalized spacial score (nSPS) is 10.3. The fourth-order valence-corrected chi connectivity index (χ4v) is 3.63. The fourth-order valence-electron chi connectivity index (χ4n) is 3.03. The van der Waals surface area contributed by atoms with E-state index in [1.54, 1.807) is 12.1 Å². The zero-order valence-corrected chi connectivity index (χ0v) is 16.9. The third kappa shape index (κ3) is 3.86. The summed E-state index contributed by atoms with van der Waals surface area (Å²) in [4.78, 5) is 12.8. The van der Waals surface area contributed by atoms with Crippen LogP contribution in [0, 0.1) is 22.7 Å². The molecule has 30 heavy (non-hydrogen) atoms. The summed E-state index contributed by atoms with van der Waals surface area (Å²) in [6.45, 7) is 0. The molecule has 0 bridgehead atoms. The Balaban J connectivity index is 1.81. The van der Waals surface area contributed by atoms with E-state index in [0.717, 1.165) is 16.7 Å². The molecule has 0 aliphatic carbocycles. The molecule has 0 saturated heterocycles. The number of benzene rings is 2. The molecule has 0 N–H and O–H groups in total. The number of pyridine rings is 1. The summed E-state index contributed by atoms with van der Waals surface area (Å²) in [5.74, 6) is 0.442. The van der Waals surface area contributed by atoms with Crippen LogP contribution in [0.5, 0.6) is 0 Å². The quantitative estimate of drug-likeness (QED) is 0.378. The minimum Gasteiger partial charge on any atom is -0.226 e. The third-order valence-electron chi connectivity index (χ3n) is 4.39. The van der Waals surface area contributed by atoms with E-state index in [1.807, 2.05) is 66.7 Å². The van der Waals surface area contributed by atoms with Crippen LogP contribution in [0.1, 0.15) is 11.4 Å². The Hall–Kier alpha value is -3.77. The summed E-state index contributed by atoms with van der Waals surface area (Å²) in [5.41, 5.74) is 3.84. The Labute approximate surface area is 182 Å². The van der Waals surface area contributed by atoms with Gasteiger partial charge in [-0.25, -0.2) is 15.0 Å². The topological polar surface area (TPSA) is 86.2 Å². The monoisotopic (exact) mass is 427 g/mol. The molecular weight excluding hydrogens is 417 g/mol. The summed E-state index contributed by atoms with van der Waals surface area (Å²) >= 11 is 13.0. The molecule has 2 aromatic carbocycles. The van der Waals surface area contributed by atoms with Gasteiger partial charge in [0.15, 0.2) is 5.82 Å². The van der Waals surface area contributed by atoms with Crippen LogP contribution in [0.15, 0.2) is 66.7 Å². The summed E-state index contributed by atoms with van der Waals surface area (Å²) in [6, 6.07) is 24.0. The largest absolute Gasteiger partial charge is 0.226 e. The van der Waals surface area contributed by atoms with E-state index < -0.39 is 0 Å². The second-order valence-corrected chi connectivity index (χ2v) is 7.02. The Morgan fingerprint density at radius 2 is 1.17 bits per heavy atom. The van der Waals surface area contributed by atoms with Gasteiger partial charge in [0.2, 0.25) is 0 Å². The van der Waals surface area contributed by atoms with Crippen LogP contribution in [0.4, 0.5) is 0 Å². The summed E-state index contributed by atoms with van der Waals surface area (Å²) in [6.07, 6.45) is 0. The summed E-state index contributed by atoms with van der Waals surface area (Å²) < 4.78 is 0. The highest BCUT2D eigenvalue weighted by molar-refractivity contribution is 6.37. The Morgan fingerprint density at radius 1 is 0.600 bits per heavy atom. The smallest absolute Gasteiger partial charge is 0.162 e. The standard InChI is InChI=1S/C23H11Cl2N5/c24-21-20(22(25)30-23(29-21)14-5-2-1-3-6-14)16-8-4-7-15(9-16)17-10-18(12-26)28-19(11-17)13-27/h1-11H. The Bertz CT molecular complexity index is 1280. The lowest BCUT2D eigenvalue weighted by molar-refractivity contribution is 1.18. The van der Waals surface area contributed by atoms with Crippen LogP contribution in [0.3, 0.4) is 0 Å². The van der Waals surface area contributed by atoms with Crippen molar-refractivity contribution in [2.24, 2.45) is 0 Å². The number of aromatic nitrogens is 3. The number of nitriles is 2. The fraction of sp³-hybridized carbons (Fsp3) is 0. The van der Waals surface area contributed by atoms with Gasteiger partial charge in [0, 0.05) is 5.56 Å². The molecular formula is C23H11Cl2N5. The van der Waals surface area contributed by atoms with Gasteiger partial charge in [-0.1, -0.05) is 71.7 Å². The number of rotatable bonds is 3. The van der Waals surface area contributed by atoms with Crippen LogP contribution in [0.2, 0.25) is 10.3 Å². The minimum absolute atomic E-state index is 0.168. The van der Waals surface area contributed by atoms with Crippen molar-refractivity contribution in [3.05, 3.63) is 88.4 Å². The Morgan fingerprint density at radius 3 is 1.77 bits per heavy atom. The van der Waals surface area contributed by atoms with Crippen LogP contribution < -0.4 is 0 Å². The van der Waals surface area contributed by atoms with Crippen LogP contribution in [-0.4, -0.2) is 15.0 Å². The minimum atomic E-state index is 0.168. The number of nitrogens with zero attached hydrogens (tertiary/aromatic N) is 5. The number of halogens is 2. The molecule has 0 fully saturated rings. The molecule has 4 rings (SSSR count). The summed E-state index contributed by atoms with van der Waals surface area (Å²) in [5, 5.41) is 18.8. The maximum Gasteiger partial charge on any atom is 0.162 e. The van der Waals surface area contributed by atoms with Crippen molar-refractivity contribution in [1.82, 2.24) is 15.0 Å². The SMILES string of the molecule is N#Cc1cc(-c2cccc(-c3c(Cl)nc(-c4ccccc4)nc3Cl)c2)cc(C#N)n1. The first-order valence-corrected chi connectivity index (χ1v) is 9.56. The third-order valence-corrected chi connectivity index (χ3v) is 4.94. The molecule has 2 heterocycles. The molecule has 0 atom stereocenters. The van der Waals surface area contributed by atoms with Crippen molar-refractivity contribution in [1.29, 1.82) is 10.5 Å². The zero-order chi connectivity index (χ0) is 21.1. The highest BCUT2D eigenvalue weighted by Crippen LogP contribution is 2.36. The van der Waals surface area contributed by atoms with Gasteiger partial charge >= 0.3 is 0 Å². The molecule has 142 valence electrons. The Kier molecular flexibility index (Phi) is 5.41. The van der Waals surface area contributed by atoms with E-state index in [1.165, 1.54) is 0 Å². The molecule has 0 spiro atoms. The van der Waals surface area contributed by atoms with Gasteiger partial charge in [0.25, 0.3) is 0 Å². The second-order valence-electron chi connectivity index (χ2n) is 6.30. The first-order chi connectivity index (χ1) is 14.6. The lowest BCUT2D eigenvalue weighted by atomic mass is 10.00. The maximum atomic E-state index is 9.18. The highest BCUT2D eigenvalue weighted by atomic mass is 35.5. The van der Waals surface area contributed by atoms with Crippen molar-refractivity contribution < 1.29 is 0 Å². The first-order valence-electron chi connectivity index (χ1n) is 8.80. The van der Waals surface area contributed by atoms with E-state index in [2.05, 4.69) is 15.0 Å². The lowest BCUT2D eigenvalue weighted by Crippen LogP contribution is -1.95. The first kappa shape index (κ1) is 19.5. The van der Waals surface area contributed by atoms with Gasteiger partial charge in [0.05, 0.1) is 5.56 Å². The van der Waals surface area contributed by atoms with Gasteiger partial charge in [-0.15, -0.1) is 0 Å². The average Bonchev–Trinajstić information content (AvgIpc) is 2.79.